The van der Waals surface area contributed by atoms with Crippen molar-refractivity contribution in [3.63, 3.8) is 0 Å². The van der Waals surface area contributed by atoms with E-state index in [0.717, 1.165) is 5.75 Å². The molecule has 5 heteroatoms. The molecule has 0 N–H and O–H groups in total. The topological polar surface area (TPSA) is 38.9 Å². The quantitative estimate of drug-likeness (QED) is 0.655. The molecule has 1 rings (SSSR count). The molecule has 0 unspecified atom stereocenters. The summed E-state index contributed by atoms with van der Waals surface area (Å²) in [6.07, 6.45) is 3.92. The summed E-state index contributed by atoms with van der Waals surface area (Å²) >= 11 is 3.14. The molecular formula is C5H8N2OS2. The molecule has 0 aliphatic rings. The zero-order chi connectivity index (χ0) is 7.40. The van der Waals surface area contributed by atoms with Crippen LogP contribution in [0.4, 0.5) is 0 Å². The van der Waals surface area contributed by atoms with Crippen LogP contribution >= 0.6 is 23.5 Å². The van der Waals surface area contributed by atoms with Crippen LogP contribution < -0.4 is 0 Å². The number of aromatic nitrogens is 2. The van der Waals surface area contributed by atoms with Crippen LogP contribution in [-0.4, -0.2) is 22.7 Å². The van der Waals surface area contributed by atoms with Gasteiger partial charge in [0.1, 0.15) is 0 Å². The highest BCUT2D eigenvalue weighted by Crippen LogP contribution is 2.14. The molecule has 0 aliphatic heterocycles. The second kappa shape index (κ2) is 3.88. The van der Waals surface area contributed by atoms with Crippen LogP contribution in [0.2, 0.25) is 0 Å². The van der Waals surface area contributed by atoms with Crippen molar-refractivity contribution in [1.29, 1.82) is 0 Å². The fourth-order valence-corrected chi connectivity index (χ4v) is 1.17. The van der Waals surface area contributed by atoms with Crippen LogP contribution in [0.15, 0.2) is 9.64 Å². The van der Waals surface area contributed by atoms with E-state index >= 15 is 0 Å². The van der Waals surface area contributed by atoms with Crippen molar-refractivity contribution < 1.29 is 4.42 Å². The van der Waals surface area contributed by atoms with E-state index in [9.17, 15) is 0 Å². The fraction of sp³-hybridized carbons (Fsp3) is 0.600. The Hall–Kier alpha value is -0.160. The van der Waals surface area contributed by atoms with Crippen molar-refractivity contribution in [3.8, 4) is 0 Å². The fourth-order valence-electron chi connectivity index (χ4n) is 0.502. The Kier molecular flexibility index (Phi) is 3.08. The molecule has 3 nitrogen and oxygen atoms in total. The predicted octanol–water partition coefficient (Wildman–Crippen LogP) is 1.65. The van der Waals surface area contributed by atoms with Gasteiger partial charge in [-0.25, -0.2) is 0 Å². The SMILES string of the molecule is CSCc1nnc(SC)o1. The lowest BCUT2D eigenvalue weighted by Crippen LogP contribution is -1.76. The Balaban J connectivity index is 2.59. The van der Waals surface area contributed by atoms with E-state index in [0.29, 0.717) is 11.1 Å². The van der Waals surface area contributed by atoms with E-state index in [1.165, 1.54) is 11.8 Å². The zero-order valence-corrected chi connectivity index (χ0v) is 7.46. The van der Waals surface area contributed by atoms with Gasteiger partial charge in [-0.05, 0) is 12.5 Å². The molecule has 0 atom stereocenters. The molecule has 0 fully saturated rings. The van der Waals surface area contributed by atoms with Crippen LogP contribution in [0.25, 0.3) is 0 Å². The first kappa shape index (κ1) is 7.94. The summed E-state index contributed by atoms with van der Waals surface area (Å²) in [5.41, 5.74) is 0. The number of rotatable bonds is 3. The summed E-state index contributed by atoms with van der Waals surface area (Å²) in [4.78, 5) is 0. The molecule has 0 spiro atoms. The second-order valence-electron chi connectivity index (χ2n) is 1.60. The second-order valence-corrected chi connectivity index (χ2v) is 3.22. The molecule has 0 saturated heterocycles. The molecule has 56 valence electrons. The highest BCUT2D eigenvalue weighted by Gasteiger charge is 2.01. The van der Waals surface area contributed by atoms with Gasteiger partial charge in [0, 0.05) is 0 Å². The molecule has 1 aromatic rings. The van der Waals surface area contributed by atoms with Crippen molar-refractivity contribution in [2.75, 3.05) is 12.5 Å². The van der Waals surface area contributed by atoms with Gasteiger partial charge in [0.05, 0.1) is 5.75 Å². The van der Waals surface area contributed by atoms with E-state index < -0.39 is 0 Å². The van der Waals surface area contributed by atoms with Gasteiger partial charge in [-0.2, -0.15) is 11.8 Å². The van der Waals surface area contributed by atoms with Crippen molar-refractivity contribution in [2.45, 2.75) is 11.0 Å². The molecule has 1 aromatic heterocycles. The number of hydrogen-bond acceptors (Lipinski definition) is 5. The Labute approximate surface area is 68.0 Å². The number of hydrogen-bond donors (Lipinski definition) is 0. The maximum absolute atomic E-state index is 5.19. The van der Waals surface area contributed by atoms with Crippen LogP contribution in [-0.2, 0) is 5.75 Å². The Morgan fingerprint density at radius 3 is 2.70 bits per heavy atom. The average molecular weight is 176 g/mol. The summed E-state index contributed by atoms with van der Waals surface area (Å²) in [5.74, 6) is 1.50. The number of nitrogens with zero attached hydrogens (tertiary/aromatic N) is 2. The summed E-state index contributed by atoms with van der Waals surface area (Å²) in [6.45, 7) is 0. The average Bonchev–Trinajstić information content (AvgIpc) is 2.37. The van der Waals surface area contributed by atoms with Gasteiger partial charge in [-0.1, -0.05) is 11.8 Å². The Bertz CT molecular complexity index is 201. The molecule has 0 radical (unpaired) electrons. The predicted molar refractivity (Wildman–Crippen MR) is 43.3 cm³/mol. The lowest BCUT2D eigenvalue weighted by Gasteiger charge is -1.85. The standard InChI is InChI=1S/C5H8N2OS2/c1-9-3-4-6-7-5(8-4)10-2/h3H2,1-2H3. The minimum atomic E-state index is 0.643. The summed E-state index contributed by atoms with van der Waals surface area (Å²) in [6, 6.07) is 0. The molecule has 0 amide bonds. The Morgan fingerprint density at radius 2 is 2.20 bits per heavy atom. The third-order valence-electron chi connectivity index (χ3n) is 0.891. The first-order valence-corrected chi connectivity index (χ1v) is 5.34. The zero-order valence-electron chi connectivity index (χ0n) is 5.83. The van der Waals surface area contributed by atoms with Gasteiger partial charge in [0.25, 0.3) is 5.22 Å². The van der Waals surface area contributed by atoms with Crippen molar-refractivity contribution >= 4 is 23.5 Å². The van der Waals surface area contributed by atoms with E-state index in [-0.39, 0.29) is 0 Å². The third kappa shape index (κ3) is 1.91. The van der Waals surface area contributed by atoms with E-state index in [1.807, 2.05) is 12.5 Å². The highest BCUT2D eigenvalue weighted by molar-refractivity contribution is 7.98. The van der Waals surface area contributed by atoms with Gasteiger partial charge in [-0.15, -0.1) is 10.2 Å². The van der Waals surface area contributed by atoms with Gasteiger partial charge in [0.15, 0.2) is 0 Å². The van der Waals surface area contributed by atoms with Crippen LogP contribution in [0.5, 0.6) is 0 Å². The maximum atomic E-state index is 5.19. The largest absolute Gasteiger partial charge is 0.415 e. The van der Waals surface area contributed by atoms with E-state index in [2.05, 4.69) is 10.2 Å². The molecule has 0 bridgehead atoms. The van der Waals surface area contributed by atoms with Crippen LogP contribution in [0.1, 0.15) is 5.89 Å². The molecule has 1 heterocycles. The monoisotopic (exact) mass is 176 g/mol. The molecule has 0 saturated carbocycles. The van der Waals surface area contributed by atoms with Crippen molar-refractivity contribution in [1.82, 2.24) is 10.2 Å². The van der Waals surface area contributed by atoms with Gasteiger partial charge in [0.2, 0.25) is 5.89 Å². The highest BCUT2D eigenvalue weighted by atomic mass is 32.2. The lowest BCUT2D eigenvalue weighted by molar-refractivity contribution is 0.427. The minimum absolute atomic E-state index is 0.643. The van der Waals surface area contributed by atoms with Gasteiger partial charge < -0.3 is 4.42 Å². The normalized spacial score (nSPS) is 10.2. The summed E-state index contributed by atoms with van der Waals surface area (Å²) < 4.78 is 5.19. The molecule has 0 aliphatic carbocycles. The minimum Gasteiger partial charge on any atom is -0.415 e. The van der Waals surface area contributed by atoms with E-state index in [1.54, 1.807) is 11.8 Å². The summed E-state index contributed by atoms with van der Waals surface area (Å²) in [7, 11) is 0. The van der Waals surface area contributed by atoms with Gasteiger partial charge in [-0.3, -0.25) is 0 Å². The van der Waals surface area contributed by atoms with Crippen molar-refractivity contribution in [2.24, 2.45) is 0 Å². The summed E-state index contributed by atoms with van der Waals surface area (Å²) in [5, 5.41) is 8.25. The van der Waals surface area contributed by atoms with Crippen LogP contribution in [0, 0.1) is 0 Å². The Morgan fingerprint density at radius 1 is 1.40 bits per heavy atom. The van der Waals surface area contributed by atoms with Crippen LogP contribution in [0.3, 0.4) is 0 Å². The van der Waals surface area contributed by atoms with Gasteiger partial charge >= 0.3 is 0 Å². The first-order valence-electron chi connectivity index (χ1n) is 2.72. The maximum Gasteiger partial charge on any atom is 0.276 e. The molecular weight excluding hydrogens is 168 g/mol. The van der Waals surface area contributed by atoms with E-state index in [4.69, 9.17) is 4.42 Å². The van der Waals surface area contributed by atoms with Crippen molar-refractivity contribution in [3.05, 3.63) is 5.89 Å². The number of thioether (sulfide) groups is 2. The molecule has 0 aromatic carbocycles. The smallest absolute Gasteiger partial charge is 0.276 e. The third-order valence-corrected chi connectivity index (χ3v) is 1.94. The first-order chi connectivity index (χ1) is 4.86. The molecule has 10 heavy (non-hydrogen) atoms. The lowest BCUT2D eigenvalue weighted by atomic mass is 10.8.